The molecular formula is C40H62O14P2S2. The van der Waals surface area contributed by atoms with Gasteiger partial charge in [0.25, 0.3) is 7.15 Å². The fourth-order valence-electron chi connectivity index (χ4n) is 7.83. The summed E-state index contributed by atoms with van der Waals surface area (Å²) in [7, 11) is 3.07. The second-order valence-corrected chi connectivity index (χ2v) is 20.7. The van der Waals surface area contributed by atoms with Crippen LogP contribution in [0.25, 0.3) is 0 Å². The van der Waals surface area contributed by atoms with Crippen molar-refractivity contribution >= 4 is 37.9 Å². The van der Waals surface area contributed by atoms with Gasteiger partial charge in [0, 0.05) is 54.1 Å². The van der Waals surface area contributed by atoms with Crippen LogP contribution in [0.2, 0.25) is 0 Å². The van der Waals surface area contributed by atoms with Crippen molar-refractivity contribution in [3.05, 3.63) is 71.8 Å². The maximum atomic E-state index is 10.6. The Bertz CT molecular complexity index is 1520. The first-order valence-corrected chi connectivity index (χ1v) is 25.0. The molecule has 4 fully saturated rings. The van der Waals surface area contributed by atoms with Crippen LogP contribution in [0.3, 0.4) is 0 Å². The predicted molar refractivity (Wildman–Crippen MR) is 225 cm³/mol. The Balaban J connectivity index is 0.000000221. The fraction of sp³-hybridized carbons (Fsp3) is 0.700. The second kappa shape index (κ2) is 23.7. The van der Waals surface area contributed by atoms with Gasteiger partial charge < -0.3 is 64.1 Å². The third-order valence-electron chi connectivity index (χ3n) is 10.5. The molecular weight excluding hydrogens is 831 g/mol. The third-order valence-corrected chi connectivity index (χ3v) is 13.7. The summed E-state index contributed by atoms with van der Waals surface area (Å²) in [6, 6.07) is 20.4. The van der Waals surface area contributed by atoms with Gasteiger partial charge in [0.2, 0.25) is 0 Å². The van der Waals surface area contributed by atoms with Crippen molar-refractivity contribution in [2.75, 3.05) is 54.9 Å². The molecule has 14 nitrogen and oxygen atoms in total. The van der Waals surface area contributed by atoms with Crippen LogP contribution in [0.1, 0.15) is 50.7 Å². The molecule has 2 aromatic rings. The highest BCUT2D eigenvalue weighted by molar-refractivity contribution is 8.35. The Morgan fingerprint density at radius 2 is 1.10 bits per heavy atom. The zero-order valence-corrected chi connectivity index (χ0v) is 37.7. The predicted octanol–water partition coefficient (Wildman–Crippen LogP) is 5.69. The van der Waals surface area contributed by atoms with E-state index in [1.54, 1.807) is 28.4 Å². The van der Waals surface area contributed by atoms with E-state index in [1.165, 1.54) is 11.1 Å². The molecule has 6 unspecified atom stereocenters. The summed E-state index contributed by atoms with van der Waals surface area (Å²) in [5.41, 5.74) is 2.42. The molecule has 18 heteroatoms. The first-order chi connectivity index (χ1) is 27.8. The Morgan fingerprint density at radius 3 is 1.59 bits per heavy atom. The summed E-state index contributed by atoms with van der Waals surface area (Å²) in [4.78, 5) is 21.1. The lowest BCUT2D eigenvalue weighted by Gasteiger charge is -2.28. The Morgan fingerprint density at radius 1 is 0.655 bits per heavy atom. The van der Waals surface area contributed by atoms with Crippen molar-refractivity contribution in [2.24, 2.45) is 0 Å². The van der Waals surface area contributed by atoms with Gasteiger partial charge in [-0.15, -0.1) is 0 Å². The van der Waals surface area contributed by atoms with Crippen LogP contribution in [-0.4, -0.2) is 138 Å². The molecule has 0 spiro atoms. The Labute approximate surface area is 354 Å². The van der Waals surface area contributed by atoms with E-state index in [9.17, 15) is 9.79 Å². The van der Waals surface area contributed by atoms with Crippen LogP contribution in [0.15, 0.2) is 60.7 Å². The van der Waals surface area contributed by atoms with Crippen LogP contribution in [0.4, 0.5) is 0 Å². The lowest BCUT2D eigenvalue weighted by atomic mass is 10.0. The SMILES string of the molecule is COC[C@H]1O[C@@H](C)CC1OP(O)(=S)OC[C@H]1O[C@@H](Cc2ccccc2)CC1OC.COC[C@H]1O[C@@H](C)CC1O[P+](O)([S-])OC[C@H]1O[C@@H](Cc2ccccc2)CC1OC. The highest BCUT2D eigenvalue weighted by Gasteiger charge is 2.44. The van der Waals surface area contributed by atoms with Crippen molar-refractivity contribution in [2.45, 2.75) is 126 Å². The molecule has 2 N–H and O–H groups in total. The molecule has 2 aromatic carbocycles. The lowest BCUT2D eigenvalue weighted by Crippen LogP contribution is -2.31. The quantitative estimate of drug-likeness (QED) is 0.124. The zero-order chi connectivity index (χ0) is 41.7. The van der Waals surface area contributed by atoms with Crippen LogP contribution in [-0.2, 0) is 92.9 Å². The van der Waals surface area contributed by atoms with Gasteiger partial charge in [-0.2, -0.15) is 9.05 Å². The average molecular weight is 893 g/mol. The van der Waals surface area contributed by atoms with Crippen LogP contribution >= 0.6 is 13.9 Å². The van der Waals surface area contributed by atoms with Gasteiger partial charge in [-0.3, -0.25) is 0 Å². The highest BCUT2D eigenvalue weighted by atomic mass is 32.7. The monoisotopic (exact) mass is 892 g/mol. The molecule has 6 rings (SSSR count). The summed E-state index contributed by atoms with van der Waals surface area (Å²) in [6.45, 7) is 1.46. The van der Waals surface area contributed by atoms with E-state index in [0.717, 1.165) is 25.7 Å². The average Bonchev–Trinajstić information content (AvgIpc) is 3.96. The minimum absolute atomic E-state index is 0.0185. The van der Waals surface area contributed by atoms with E-state index in [2.05, 4.69) is 24.3 Å². The summed E-state index contributed by atoms with van der Waals surface area (Å²) in [5, 5.41) is 0. The van der Waals surface area contributed by atoms with E-state index in [4.69, 9.17) is 80.0 Å². The van der Waals surface area contributed by atoms with Crippen molar-refractivity contribution < 1.29 is 65.8 Å². The minimum Gasteiger partial charge on any atom is -0.459 e. The molecule has 0 aliphatic carbocycles. The Hall–Kier alpha value is -0.690. The fourth-order valence-corrected chi connectivity index (χ4v) is 10.8. The van der Waals surface area contributed by atoms with Gasteiger partial charge >= 0.3 is 6.72 Å². The highest BCUT2D eigenvalue weighted by Crippen LogP contribution is 2.57. The molecule has 4 aliphatic rings. The number of rotatable bonds is 20. The topological polar surface area (TPSA) is 151 Å². The summed E-state index contributed by atoms with van der Waals surface area (Å²) >= 11 is 10.5. The number of ether oxygens (including phenoxy) is 8. The van der Waals surface area contributed by atoms with E-state index >= 15 is 0 Å². The van der Waals surface area contributed by atoms with Gasteiger partial charge in [0.05, 0.1) is 62.5 Å². The molecule has 58 heavy (non-hydrogen) atoms. The van der Waals surface area contributed by atoms with Crippen molar-refractivity contribution in [3.63, 3.8) is 0 Å². The molecule has 4 aliphatic heterocycles. The van der Waals surface area contributed by atoms with Crippen LogP contribution in [0.5, 0.6) is 0 Å². The Kier molecular flexibility index (Phi) is 19.7. The number of benzene rings is 2. The molecule has 0 saturated carbocycles. The number of methoxy groups -OCH3 is 4. The molecule has 0 amide bonds. The number of hydrogen-bond acceptors (Lipinski definition) is 15. The van der Waals surface area contributed by atoms with Crippen LogP contribution < -0.4 is 0 Å². The third kappa shape index (κ3) is 15.3. The van der Waals surface area contributed by atoms with Gasteiger partial charge in [0.15, 0.2) is 0 Å². The smallest absolute Gasteiger partial charge is 0.324 e. The van der Waals surface area contributed by atoms with Gasteiger partial charge in [-0.05, 0) is 49.6 Å². The second-order valence-electron chi connectivity index (χ2n) is 15.2. The van der Waals surface area contributed by atoms with E-state index < -0.39 is 13.9 Å². The van der Waals surface area contributed by atoms with Gasteiger partial charge in [-0.1, -0.05) is 60.7 Å². The molecule has 4 heterocycles. The molecule has 14 atom stereocenters. The normalized spacial score (nSPS) is 34.4. The van der Waals surface area contributed by atoms with Gasteiger partial charge in [0.1, 0.15) is 37.1 Å². The minimum atomic E-state index is -3.44. The zero-order valence-electron chi connectivity index (χ0n) is 34.3. The first kappa shape index (κ1) is 48.3. The summed E-state index contributed by atoms with van der Waals surface area (Å²) < 4.78 is 67.9. The van der Waals surface area contributed by atoms with E-state index in [0.29, 0.717) is 26.1 Å². The van der Waals surface area contributed by atoms with Crippen molar-refractivity contribution in [1.82, 2.24) is 0 Å². The van der Waals surface area contributed by atoms with E-state index in [-0.39, 0.29) is 86.5 Å². The summed E-state index contributed by atoms with van der Waals surface area (Å²) in [6.07, 6.45) is 2.42. The number of hydrogen-bond donors (Lipinski definition) is 2. The maximum Gasteiger partial charge on any atom is 0.324 e. The largest absolute Gasteiger partial charge is 0.459 e. The van der Waals surface area contributed by atoms with Crippen LogP contribution in [0, 0.1) is 0 Å². The molecule has 4 saturated heterocycles. The lowest BCUT2D eigenvalue weighted by molar-refractivity contribution is -0.0415. The molecule has 0 aromatic heterocycles. The standard InChI is InChI=1S/2C20H31O7PS/c2*1-14-9-18(19(25-14)12-22-2)27-28(21,29)24-13-20-17(23-3)11-16(26-20)10-15-7-5-4-6-8-15/h2*4-8,14,16-20H,9-13H2,1-3H3,(H,21,29)/t2*14-,16-,17?,18?,19+,20+,28?/m00/s1. The first-order valence-electron chi connectivity index (χ1n) is 19.8. The molecule has 0 radical (unpaired) electrons. The summed E-state index contributed by atoms with van der Waals surface area (Å²) in [5.74, 6) is 0. The molecule has 328 valence electrons. The van der Waals surface area contributed by atoms with Crippen molar-refractivity contribution in [1.29, 1.82) is 0 Å². The van der Waals surface area contributed by atoms with Crippen molar-refractivity contribution in [3.8, 4) is 0 Å². The molecule has 0 bridgehead atoms. The maximum absolute atomic E-state index is 10.6. The van der Waals surface area contributed by atoms with E-state index in [1.807, 2.05) is 50.2 Å². The van der Waals surface area contributed by atoms with Gasteiger partial charge in [-0.25, -0.2) is 4.89 Å².